The molecule has 2 N–H and O–H groups in total. The average molecular weight is 340 g/mol. The summed E-state index contributed by atoms with van der Waals surface area (Å²) < 4.78 is 10.00. The van der Waals surface area contributed by atoms with Gasteiger partial charge in [-0.3, -0.25) is 15.6 Å². The zero-order valence-electron chi connectivity index (χ0n) is 12.8. The van der Waals surface area contributed by atoms with Crippen LogP contribution in [-0.4, -0.2) is 42.7 Å². The lowest BCUT2D eigenvalue weighted by molar-refractivity contribution is 0.120. The van der Waals surface area contributed by atoms with Gasteiger partial charge in [0.15, 0.2) is 0 Å². The van der Waals surface area contributed by atoms with E-state index in [4.69, 9.17) is 26.5 Å². The van der Waals surface area contributed by atoms with E-state index in [1.54, 1.807) is 38.1 Å². The lowest BCUT2D eigenvalue weighted by Crippen LogP contribution is -2.32. The number of alkyl carbamates (subject to hydrolysis) is 1. The fraction of sp³-hybridized carbons (Fsp3) is 0.400. The van der Waals surface area contributed by atoms with Gasteiger partial charge in [-0.1, -0.05) is 0 Å². The topological polar surface area (TPSA) is 91.7 Å². The first-order chi connectivity index (χ1) is 10.9. The molecule has 2 rings (SSSR count). The highest BCUT2D eigenvalue weighted by molar-refractivity contribution is 6.18. The van der Waals surface area contributed by atoms with Crippen molar-refractivity contribution in [2.75, 3.05) is 17.3 Å². The summed E-state index contributed by atoms with van der Waals surface area (Å²) in [6, 6.07) is 6.62. The summed E-state index contributed by atoms with van der Waals surface area (Å²) in [7, 11) is 0. The number of nitrogens with one attached hydrogen (secondary N) is 2. The Morgan fingerprint density at radius 3 is 2.65 bits per heavy atom. The zero-order valence-corrected chi connectivity index (χ0v) is 13.6. The Balaban J connectivity index is 2.01. The van der Waals surface area contributed by atoms with Crippen molar-refractivity contribution in [2.45, 2.75) is 26.1 Å². The first-order valence-electron chi connectivity index (χ1n) is 7.11. The number of ether oxygens (including phenoxy) is 2. The molecule has 1 atom stereocenters. The van der Waals surface area contributed by atoms with Crippen molar-refractivity contribution in [3.8, 4) is 0 Å². The Kier molecular flexibility index (Phi) is 5.44. The summed E-state index contributed by atoms with van der Waals surface area (Å²) in [5.74, 6) is 0.164. The molecular weight excluding hydrogens is 322 g/mol. The van der Waals surface area contributed by atoms with E-state index in [0.717, 1.165) is 0 Å². The van der Waals surface area contributed by atoms with Crippen molar-refractivity contribution < 1.29 is 19.1 Å². The van der Waals surface area contributed by atoms with Gasteiger partial charge in [-0.25, -0.2) is 9.59 Å². The van der Waals surface area contributed by atoms with Crippen molar-refractivity contribution in [1.29, 1.82) is 5.41 Å². The van der Waals surface area contributed by atoms with Gasteiger partial charge in [-0.15, -0.1) is 11.6 Å². The fourth-order valence-electron chi connectivity index (χ4n) is 2.04. The molecular formula is C15H18ClN3O4. The van der Waals surface area contributed by atoms with E-state index < -0.39 is 12.2 Å². The minimum atomic E-state index is -0.679. The van der Waals surface area contributed by atoms with Gasteiger partial charge in [0.1, 0.15) is 11.9 Å². The van der Waals surface area contributed by atoms with Crippen LogP contribution in [0.4, 0.5) is 15.3 Å². The summed E-state index contributed by atoms with van der Waals surface area (Å²) in [5.41, 5.74) is 1.14. The SMILES string of the molecule is CC(C)OC(=O)NC(=N)c1ccc(N2C[C@@H](CCl)OC2=O)cc1. The molecule has 0 unspecified atom stereocenters. The normalized spacial score (nSPS) is 17.1. The fourth-order valence-corrected chi connectivity index (χ4v) is 2.20. The number of hydrogen-bond donors (Lipinski definition) is 2. The second-order valence-electron chi connectivity index (χ2n) is 5.27. The number of cyclic esters (lactones) is 1. The number of carbonyl (C=O) groups is 2. The van der Waals surface area contributed by atoms with Gasteiger partial charge >= 0.3 is 12.2 Å². The van der Waals surface area contributed by atoms with Gasteiger partial charge in [-0.05, 0) is 38.1 Å². The third-order valence-electron chi connectivity index (χ3n) is 3.08. The number of benzene rings is 1. The van der Waals surface area contributed by atoms with Crippen molar-refractivity contribution in [1.82, 2.24) is 5.32 Å². The van der Waals surface area contributed by atoms with Crippen LogP contribution >= 0.6 is 11.6 Å². The van der Waals surface area contributed by atoms with Crippen LogP contribution in [0.15, 0.2) is 24.3 Å². The average Bonchev–Trinajstić information content (AvgIpc) is 2.87. The van der Waals surface area contributed by atoms with E-state index in [2.05, 4.69) is 5.32 Å². The predicted molar refractivity (Wildman–Crippen MR) is 86.4 cm³/mol. The maximum atomic E-state index is 11.7. The smallest absolute Gasteiger partial charge is 0.414 e. The monoisotopic (exact) mass is 339 g/mol. The number of halogens is 1. The van der Waals surface area contributed by atoms with Crippen LogP contribution in [0, 0.1) is 5.41 Å². The van der Waals surface area contributed by atoms with Gasteiger partial charge in [0.2, 0.25) is 0 Å². The summed E-state index contributed by atoms with van der Waals surface area (Å²) in [4.78, 5) is 24.7. The molecule has 1 fully saturated rings. The molecule has 1 aliphatic heterocycles. The molecule has 0 aliphatic carbocycles. The molecule has 7 nitrogen and oxygen atoms in total. The highest BCUT2D eigenvalue weighted by atomic mass is 35.5. The van der Waals surface area contributed by atoms with Crippen LogP contribution in [0.1, 0.15) is 19.4 Å². The molecule has 0 spiro atoms. The number of hydrogen-bond acceptors (Lipinski definition) is 5. The lowest BCUT2D eigenvalue weighted by atomic mass is 10.2. The largest absolute Gasteiger partial charge is 0.447 e. The van der Waals surface area contributed by atoms with Crippen LogP contribution in [0.25, 0.3) is 0 Å². The summed E-state index contributed by atoms with van der Waals surface area (Å²) in [6.45, 7) is 3.83. The molecule has 1 aliphatic rings. The van der Waals surface area contributed by atoms with Crippen molar-refractivity contribution >= 4 is 35.3 Å². The maximum Gasteiger partial charge on any atom is 0.414 e. The highest BCUT2D eigenvalue weighted by Crippen LogP contribution is 2.22. The lowest BCUT2D eigenvalue weighted by Gasteiger charge is -2.14. The molecule has 8 heteroatoms. The van der Waals surface area contributed by atoms with Crippen LogP contribution < -0.4 is 10.2 Å². The standard InChI is InChI=1S/C15H18ClN3O4/c1-9(2)22-14(20)18-13(17)10-3-5-11(6-4-10)19-8-12(7-16)23-15(19)21/h3-6,9,12H,7-8H2,1-2H3,(H2,17,18,20)/t12-/m1/s1. The number of rotatable bonds is 4. The van der Waals surface area contributed by atoms with E-state index in [-0.39, 0.29) is 23.9 Å². The van der Waals surface area contributed by atoms with Gasteiger partial charge in [-0.2, -0.15) is 0 Å². The number of carbonyl (C=O) groups excluding carboxylic acids is 2. The Morgan fingerprint density at radius 2 is 2.13 bits per heavy atom. The summed E-state index contributed by atoms with van der Waals surface area (Å²) in [5, 5.41) is 10.2. The molecule has 1 heterocycles. The van der Waals surface area contributed by atoms with E-state index in [9.17, 15) is 9.59 Å². The van der Waals surface area contributed by atoms with E-state index in [1.165, 1.54) is 4.90 Å². The van der Waals surface area contributed by atoms with Gasteiger partial charge in [0, 0.05) is 11.3 Å². The van der Waals surface area contributed by atoms with Crippen LogP contribution in [0.5, 0.6) is 0 Å². The number of nitrogens with zero attached hydrogens (tertiary/aromatic N) is 1. The van der Waals surface area contributed by atoms with Gasteiger partial charge in [0.25, 0.3) is 0 Å². The second kappa shape index (κ2) is 7.32. The molecule has 124 valence electrons. The molecule has 23 heavy (non-hydrogen) atoms. The molecule has 0 radical (unpaired) electrons. The number of amidine groups is 1. The number of alkyl halides is 1. The molecule has 1 aromatic rings. The van der Waals surface area contributed by atoms with Crippen molar-refractivity contribution in [2.24, 2.45) is 0 Å². The second-order valence-corrected chi connectivity index (χ2v) is 5.58. The van der Waals surface area contributed by atoms with Crippen LogP contribution in [0.2, 0.25) is 0 Å². The number of amides is 2. The third-order valence-corrected chi connectivity index (χ3v) is 3.43. The molecule has 1 saturated heterocycles. The first-order valence-corrected chi connectivity index (χ1v) is 7.65. The van der Waals surface area contributed by atoms with E-state index >= 15 is 0 Å². The van der Waals surface area contributed by atoms with Crippen molar-refractivity contribution in [3.05, 3.63) is 29.8 Å². The minimum Gasteiger partial charge on any atom is -0.447 e. The van der Waals surface area contributed by atoms with Gasteiger partial charge < -0.3 is 9.47 Å². The third kappa shape index (κ3) is 4.35. The highest BCUT2D eigenvalue weighted by Gasteiger charge is 2.31. The molecule has 2 amide bonds. The Hall–Kier alpha value is -2.28. The molecule has 0 aromatic heterocycles. The Morgan fingerprint density at radius 1 is 1.48 bits per heavy atom. The number of anilines is 1. The predicted octanol–water partition coefficient (Wildman–Crippen LogP) is 2.71. The Labute approximate surface area is 139 Å². The molecule has 1 aromatic carbocycles. The summed E-state index contributed by atoms with van der Waals surface area (Å²) in [6.07, 6.45) is -1.71. The zero-order chi connectivity index (χ0) is 17.0. The quantitative estimate of drug-likeness (QED) is 0.501. The minimum absolute atomic E-state index is 0.0789. The Bertz CT molecular complexity index is 603. The summed E-state index contributed by atoms with van der Waals surface area (Å²) >= 11 is 5.69. The van der Waals surface area contributed by atoms with Gasteiger partial charge in [0.05, 0.1) is 18.5 Å². The van der Waals surface area contributed by atoms with Crippen LogP contribution in [0.3, 0.4) is 0 Å². The van der Waals surface area contributed by atoms with Crippen molar-refractivity contribution in [3.63, 3.8) is 0 Å². The first kappa shape index (κ1) is 17.1. The van der Waals surface area contributed by atoms with Crippen LogP contribution in [-0.2, 0) is 9.47 Å². The molecule has 0 bridgehead atoms. The van der Waals surface area contributed by atoms with E-state index in [1.807, 2.05) is 0 Å². The molecule has 0 saturated carbocycles. The maximum absolute atomic E-state index is 11.7. The van der Waals surface area contributed by atoms with E-state index in [0.29, 0.717) is 17.8 Å².